The van der Waals surface area contributed by atoms with Gasteiger partial charge in [0.15, 0.2) is 0 Å². The third-order valence-electron chi connectivity index (χ3n) is 2.89. The van der Waals surface area contributed by atoms with Crippen molar-refractivity contribution in [2.24, 2.45) is 0 Å². The molecule has 5 nitrogen and oxygen atoms in total. The Labute approximate surface area is 117 Å². The predicted octanol–water partition coefficient (Wildman–Crippen LogP) is 1.44. The van der Waals surface area contributed by atoms with Crippen LogP contribution in [-0.4, -0.2) is 23.0 Å². The first-order valence-corrected chi connectivity index (χ1v) is 6.34. The molecule has 1 heterocycles. The molecule has 0 aliphatic heterocycles. The van der Waals surface area contributed by atoms with Gasteiger partial charge in [-0.3, -0.25) is 9.78 Å². The van der Waals surface area contributed by atoms with Crippen LogP contribution in [0.4, 0.5) is 0 Å². The number of amides is 1. The van der Waals surface area contributed by atoms with Crippen molar-refractivity contribution in [3.8, 4) is 5.75 Å². The molecule has 0 unspecified atom stereocenters. The van der Waals surface area contributed by atoms with Gasteiger partial charge in [0.2, 0.25) is 0 Å². The Hall–Kier alpha value is -2.40. The fourth-order valence-corrected chi connectivity index (χ4v) is 1.77. The number of hydrogen-bond donors (Lipinski definition) is 3. The molecule has 0 bridgehead atoms. The fraction of sp³-hybridized carbons (Fsp3) is 0.200. The van der Waals surface area contributed by atoms with Gasteiger partial charge < -0.3 is 15.7 Å². The first kappa shape index (κ1) is 14.0. The summed E-state index contributed by atoms with van der Waals surface area (Å²) in [5.74, 6) is 0.0799. The van der Waals surface area contributed by atoms with Crippen LogP contribution in [-0.2, 0) is 13.1 Å². The summed E-state index contributed by atoms with van der Waals surface area (Å²) in [4.78, 5) is 15.5. The van der Waals surface area contributed by atoms with Crippen LogP contribution in [0.3, 0.4) is 0 Å². The number of rotatable bonds is 5. The van der Waals surface area contributed by atoms with Gasteiger partial charge in [-0.25, -0.2) is 0 Å². The van der Waals surface area contributed by atoms with Crippen LogP contribution in [0.25, 0.3) is 0 Å². The molecule has 1 aromatic heterocycles. The second-order valence-electron chi connectivity index (χ2n) is 4.39. The number of hydrogen-bond acceptors (Lipinski definition) is 4. The first-order valence-electron chi connectivity index (χ1n) is 6.34. The molecule has 3 N–H and O–H groups in total. The number of benzene rings is 1. The lowest BCUT2D eigenvalue weighted by Gasteiger charge is -2.06. The van der Waals surface area contributed by atoms with Crippen LogP contribution in [0, 0.1) is 0 Å². The standard InChI is InChI=1S/C15H17N3O2/c1-16-15(20)12-4-2-11(3-5-12)8-17-9-13-6-7-14(19)10-18-13/h2-7,10,17,19H,8-9H2,1H3,(H,16,20). The van der Waals surface area contributed by atoms with Crippen LogP contribution >= 0.6 is 0 Å². The maximum atomic E-state index is 11.4. The molecule has 0 aliphatic carbocycles. The Morgan fingerprint density at radius 3 is 2.50 bits per heavy atom. The van der Waals surface area contributed by atoms with Gasteiger partial charge in [0.25, 0.3) is 5.91 Å². The van der Waals surface area contributed by atoms with Gasteiger partial charge in [-0.2, -0.15) is 0 Å². The largest absolute Gasteiger partial charge is 0.506 e. The van der Waals surface area contributed by atoms with E-state index in [4.69, 9.17) is 5.11 Å². The van der Waals surface area contributed by atoms with Crippen molar-refractivity contribution >= 4 is 5.91 Å². The Morgan fingerprint density at radius 2 is 1.90 bits per heavy atom. The van der Waals surface area contributed by atoms with Crippen LogP contribution in [0.5, 0.6) is 5.75 Å². The molecule has 104 valence electrons. The van der Waals surface area contributed by atoms with E-state index >= 15 is 0 Å². The molecule has 2 aromatic rings. The van der Waals surface area contributed by atoms with Gasteiger partial charge in [-0.15, -0.1) is 0 Å². The topological polar surface area (TPSA) is 74.2 Å². The van der Waals surface area contributed by atoms with Gasteiger partial charge in [-0.1, -0.05) is 12.1 Å². The summed E-state index contributed by atoms with van der Waals surface area (Å²) in [7, 11) is 1.61. The molecule has 0 saturated heterocycles. The van der Waals surface area contributed by atoms with E-state index in [2.05, 4.69) is 15.6 Å². The van der Waals surface area contributed by atoms with Crippen LogP contribution in [0.15, 0.2) is 42.6 Å². The summed E-state index contributed by atoms with van der Waals surface area (Å²) in [6.07, 6.45) is 1.43. The van der Waals surface area contributed by atoms with E-state index < -0.39 is 0 Å². The van der Waals surface area contributed by atoms with Gasteiger partial charge in [0.1, 0.15) is 5.75 Å². The molecule has 1 amide bonds. The average molecular weight is 271 g/mol. The lowest BCUT2D eigenvalue weighted by atomic mass is 10.1. The molecular weight excluding hydrogens is 254 g/mol. The van der Waals surface area contributed by atoms with E-state index in [9.17, 15) is 4.79 Å². The van der Waals surface area contributed by atoms with Crippen molar-refractivity contribution in [1.82, 2.24) is 15.6 Å². The monoisotopic (exact) mass is 271 g/mol. The number of pyridine rings is 1. The van der Waals surface area contributed by atoms with Crippen LogP contribution < -0.4 is 10.6 Å². The van der Waals surface area contributed by atoms with Crippen LogP contribution in [0.1, 0.15) is 21.6 Å². The van der Waals surface area contributed by atoms with Crippen molar-refractivity contribution in [3.63, 3.8) is 0 Å². The third-order valence-corrected chi connectivity index (χ3v) is 2.89. The van der Waals surface area contributed by atoms with E-state index in [-0.39, 0.29) is 11.7 Å². The summed E-state index contributed by atoms with van der Waals surface area (Å²) < 4.78 is 0. The van der Waals surface area contributed by atoms with Crippen LogP contribution in [0.2, 0.25) is 0 Å². The summed E-state index contributed by atoms with van der Waals surface area (Å²) >= 11 is 0. The van der Waals surface area contributed by atoms with Crippen molar-refractivity contribution in [1.29, 1.82) is 0 Å². The van der Waals surface area contributed by atoms with E-state index in [0.717, 1.165) is 11.3 Å². The fourth-order valence-electron chi connectivity index (χ4n) is 1.77. The minimum absolute atomic E-state index is 0.0854. The first-order chi connectivity index (χ1) is 9.69. The van der Waals surface area contributed by atoms with Crippen molar-refractivity contribution in [2.45, 2.75) is 13.1 Å². The molecule has 0 fully saturated rings. The number of nitrogens with one attached hydrogen (secondary N) is 2. The molecule has 5 heteroatoms. The Kier molecular flexibility index (Phi) is 4.68. The molecule has 1 aromatic carbocycles. The minimum Gasteiger partial charge on any atom is -0.506 e. The highest BCUT2D eigenvalue weighted by atomic mass is 16.3. The number of aromatic hydroxyl groups is 1. The maximum Gasteiger partial charge on any atom is 0.251 e. The normalized spacial score (nSPS) is 10.2. The Bertz CT molecular complexity index is 565. The molecule has 20 heavy (non-hydrogen) atoms. The zero-order valence-electron chi connectivity index (χ0n) is 11.3. The van der Waals surface area contributed by atoms with Gasteiger partial charge in [0, 0.05) is 25.7 Å². The second-order valence-corrected chi connectivity index (χ2v) is 4.39. The molecule has 0 radical (unpaired) electrons. The summed E-state index contributed by atoms with van der Waals surface area (Å²) in [6, 6.07) is 10.8. The van der Waals surface area contributed by atoms with Crippen molar-refractivity contribution < 1.29 is 9.90 Å². The maximum absolute atomic E-state index is 11.4. The number of carbonyl (C=O) groups is 1. The van der Waals surface area contributed by atoms with Gasteiger partial charge >= 0.3 is 0 Å². The highest BCUT2D eigenvalue weighted by molar-refractivity contribution is 5.93. The van der Waals surface area contributed by atoms with E-state index in [1.54, 1.807) is 31.3 Å². The lowest BCUT2D eigenvalue weighted by molar-refractivity contribution is 0.0963. The van der Waals surface area contributed by atoms with Crippen molar-refractivity contribution in [2.75, 3.05) is 7.05 Å². The zero-order chi connectivity index (χ0) is 14.4. The number of carbonyl (C=O) groups excluding carboxylic acids is 1. The smallest absolute Gasteiger partial charge is 0.251 e. The summed E-state index contributed by atoms with van der Waals surface area (Å²) in [6.45, 7) is 1.31. The number of nitrogens with zero attached hydrogens (tertiary/aromatic N) is 1. The predicted molar refractivity (Wildman–Crippen MR) is 76.3 cm³/mol. The number of aromatic nitrogens is 1. The van der Waals surface area contributed by atoms with E-state index in [1.807, 2.05) is 12.1 Å². The highest BCUT2D eigenvalue weighted by Crippen LogP contribution is 2.07. The molecule has 2 rings (SSSR count). The third kappa shape index (κ3) is 3.80. The SMILES string of the molecule is CNC(=O)c1ccc(CNCc2ccc(O)cn2)cc1. The second kappa shape index (κ2) is 6.68. The van der Waals surface area contributed by atoms with Gasteiger partial charge in [-0.05, 0) is 29.8 Å². The molecule has 0 spiro atoms. The minimum atomic E-state index is -0.0854. The summed E-state index contributed by atoms with van der Waals surface area (Å²) in [5.41, 5.74) is 2.61. The Morgan fingerprint density at radius 1 is 1.15 bits per heavy atom. The zero-order valence-corrected chi connectivity index (χ0v) is 11.3. The highest BCUT2D eigenvalue weighted by Gasteiger charge is 2.02. The molecular formula is C15H17N3O2. The molecule has 0 aliphatic rings. The average Bonchev–Trinajstić information content (AvgIpc) is 2.49. The molecule has 0 saturated carbocycles. The van der Waals surface area contributed by atoms with E-state index in [0.29, 0.717) is 18.7 Å². The lowest BCUT2D eigenvalue weighted by Crippen LogP contribution is -2.18. The van der Waals surface area contributed by atoms with Gasteiger partial charge in [0.05, 0.1) is 11.9 Å². The summed E-state index contributed by atoms with van der Waals surface area (Å²) in [5, 5.41) is 15.0. The van der Waals surface area contributed by atoms with E-state index in [1.165, 1.54) is 6.20 Å². The van der Waals surface area contributed by atoms with Crippen molar-refractivity contribution in [3.05, 3.63) is 59.4 Å². The quantitative estimate of drug-likeness (QED) is 0.769. The molecule has 0 atom stereocenters. The Balaban J connectivity index is 1.85.